The van der Waals surface area contributed by atoms with Gasteiger partial charge >= 0.3 is 5.97 Å². The molecule has 0 radical (unpaired) electrons. The molecular weight excluding hydrogens is 302 g/mol. The molecule has 2 aliphatic rings. The predicted molar refractivity (Wildman–Crippen MR) is 92.4 cm³/mol. The Balaban J connectivity index is 1.70. The zero-order valence-electron chi connectivity index (χ0n) is 14.4. The third-order valence-electron chi connectivity index (χ3n) is 5.51. The number of nitrogens with one attached hydrogen (secondary N) is 1. The zero-order chi connectivity index (χ0) is 17.4. The summed E-state index contributed by atoms with van der Waals surface area (Å²) in [5, 5.41) is 12.5. The van der Waals surface area contributed by atoms with E-state index in [4.69, 9.17) is 0 Å². The molecule has 3 rings (SSSR count). The van der Waals surface area contributed by atoms with Gasteiger partial charge in [0.2, 0.25) is 5.91 Å². The van der Waals surface area contributed by atoms with E-state index in [1.165, 1.54) is 5.56 Å². The lowest BCUT2D eigenvalue weighted by Gasteiger charge is -2.26. The predicted octanol–water partition coefficient (Wildman–Crippen LogP) is 3.51. The van der Waals surface area contributed by atoms with Crippen LogP contribution in [-0.2, 0) is 9.59 Å². The number of fused-ring (bicyclic) bond motifs is 2. The maximum absolute atomic E-state index is 12.7. The van der Waals surface area contributed by atoms with E-state index in [1.54, 1.807) is 0 Å². The summed E-state index contributed by atoms with van der Waals surface area (Å²) >= 11 is 0. The Kier molecular flexibility index (Phi) is 4.48. The Morgan fingerprint density at radius 1 is 1.00 bits per heavy atom. The van der Waals surface area contributed by atoms with Crippen LogP contribution >= 0.6 is 0 Å². The minimum atomic E-state index is -0.860. The van der Waals surface area contributed by atoms with Crippen LogP contribution in [-0.4, -0.2) is 17.0 Å². The van der Waals surface area contributed by atoms with Gasteiger partial charge in [0.1, 0.15) is 0 Å². The second-order valence-corrected chi connectivity index (χ2v) is 7.39. The minimum absolute atomic E-state index is 0.00359. The number of aliphatic carboxylic acids is 1. The summed E-state index contributed by atoms with van der Waals surface area (Å²) in [6, 6.07) is 8.12. The maximum Gasteiger partial charge on any atom is 0.307 e. The molecule has 1 saturated carbocycles. The summed E-state index contributed by atoms with van der Waals surface area (Å²) in [5.74, 6) is -1.50. The topological polar surface area (TPSA) is 66.4 Å². The van der Waals surface area contributed by atoms with Crippen LogP contribution in [0.5, 0.6) is 0 Å². The minimum Gasteiger partial charge on any atom is -0.481 e. The number of allylic oxidation sites excluding steroid dienone is 2. The van der Waals surface area contributed by atoms with Crippen LogP contribution in [0.2, 0.25) is 0 Å². The molecule has 128 valence electrons. The number of carboxylic acids is 1. The van der Waals surface area contributed by atoms with Crippen LogP contribution < -0.4 is 5.32 Å². The molecule has 5 atom stereocenters. The van der Waals surface area contributed by atoms with Gasteiger partial charge in [-0.25, -0.2) is 0 Å². The Morgan fingerprint density at radius 2 is 1.54 bits per heavy atom. The third kappa shape index (κ3) is 2.97. The first kappa shape index (κ1) is 16.7. The summed E-state index contributed by atoms with van der Waals surface area (Å²) < 4.78 is 0. The molecule has 0 unspecified atom stereocenters. The van der Waals surface area contributed by atoms with Crippen molar-refractivity contribution < 1.29 is 14.7 Å². The Morgan fingerprint density at radius 3 is 2.08 bits per heavy atom. The standard InChI is InChI=1S/C20H25NO3/c1-11(2)13-4-6-14(7-5-13)12(3)21-19(22)17-15-8-9-16(10-15)18(17)20(23)24/h4-9,11-12,15-18H,10H2,1-3H3,(H,21,22)(H,23,24)/t12-,15+,16+,17+,18+/m1/s1. The lowest BCUT2D eigenvalue weighted by molar-refractivity contribution is -0.148. The van der Waals surface area contributed by atoms with Crippen molar-refractivity contribution in [2.75, 3.05) is 0 Å². The van der Waals surface area contributed by atoms with Crippen molar-refractivity contribution in [3.05, 3.63) is 47.5 Å². The van der Waals surface area contributed by atoms with Crippen LogP contribution in [0.3, 0.4) is 0 Å². The third-order valence-corrected chi connectivity index (χ3v) is 5.51. The van der Waals surface area contributed by atoms with Gasteiger partial charge in [0.15, 0.2) is 0 Å². The highest BCUT2D eigenvalue weighted by Gasteiger charge is 2.51. The molecule has 2 aliphatic carbocycles. The first-order chi connectivity index (χ1) is 11.4. The van der Waals surface area contributed by atoms with E-state index < -0.39 is 17.8 Å². The van der Waals surface area contributed by atoms with E-state index >= 15 is 0 Å². The summed E-state index contributed by atoms with van der Waals surface area (Å²) in [7, 11) is 0. The van der Waals surface area contributed by atoms with Gasteiger partial charge in [-0.2, -0.15) is 0 Å². The molecule has 0 saturated heterocycles. The summed E-state index contributed by atoms with van der Waals surface area (Å²) in [6.45, 7) is 6.24. The second kappa shape index (κ2) is 6.42. The maximum atomic E-state index is 12.7. The fourth-order valence-electron chi connectivity index (χ4n) is 4.08. The van der Waals surface area contributed by atoms with Crippen molar-refractivity contribution in [2.45, 2.75) is 39.2 Å². The quantitative estimate of drug-likeness (QED) is 0.813. The molecule has 0 heterocycles. The molecule has 4 heteroatoms. The number of hydrogen-bond acceptors (Lipinski definition) is 2. The van der Waals surface area contributed by atoms with E-state index in [0.29, 0.717) is 5.92 Å². The van der Waals surface area contributed by atoms with E-state index in [-0.39, 0.29) is 23.8 Å². The van der Waals surface area contributed by atoms with Gasteiger partial charge in [0.05, 0.1) is 17.9 Å². The highest BCUT2D eigenvalue weighted by Crippen LogP contribution is 2.48. The van der Waals surface area contributed by atoms with Crippen molar-refractivity contribution in [1.29, 1.82) is 0 Å². The summed E-state index contributed by atoms with van der Waals surface area (Å²) in [4.78, 5) is 24.3. The Hall–Kier alpha value is -2.10. The number of benzene rings is 1. The average Bonchev–Trinajstić information content (AvgIpc) is 3.15. The van der Waals surface area contributed by atoms with Gasteiger partial charge in [-0.3, -0.25) is 9.59 Å². The largest absolute Gasteiger partial charge is 0.481 e. The van der Waals surface area contributed by atoms with Crippen molar-refractivity contribution in [3.63, 3.8) is 0 Å². The first-order valence-electron chi connectivity index (χ1n) is 8.70. The van der Waals surface area contributed by atoms with Gasteiger partial charge in [-0.15, -0.1) is 0 Å². The molecule has 1 amide bonds. The first-order valence-corrected chi connectivity index (χ1v) is 8.70. The van der Waals surface area contributed by atoms with Crippen molar-refractivity contribution >= 4 is 11.9 Å². The molecule has 4 nitrogen and oxygen atoms in total. The van der Waals surface area contributed by atoms with E-state index in [9.17, 15) is 14.7 Å². The molecular formula is C20H25NO3. The number of hydrogen-bond donors (Lipinski definition) is 2. The van der Waals surface area contributed by atoms with Crippen molar-refractivity contribution in [2.24, 2.45) is 23.7 Å². The van der Waals surface area contributed by atoms with Crippen LogP contribution in [0.25, 0.3) is 0 Å². The smallest absolute Gasteiger partial charge is 0.307 e. The molecule has 1 fully saturated rings. The molecule has 2 bridgehead atoms. The number of carbonyl (C=O) groups is 2. The molecule has 0 aromatic heterocycles. The number of rotatable bonds is 5. The van der Waals surface area contributed by atoms with Crippen molar-refractivity contribution in [1.82, 2.24) is 5.32 Å². The molecule has 2 N–H and O–H groups in total. The van der Waals surface area contributed by atoms with Crippen LogP contribution in [0.15, 0.2) is 36.4 Å². The number of carbonyl (C=O) groups excluding carboxylic acids is 1. The normalized spacial score (nSPS) is 29.0. The zero-order valence-corrected chi connectivity index (χ0v) is 14.4. The van der Waals surface area contributed by atoms with Gasteiger partial charge in [0.25, 0.3) is 0 Å². The molecule has 0 aliphatic heterocycles. The average molecular weight is 327 g/mol. The number of carboxylic acid groups (broad SMARTS) is 1. The highest BCUT2D eigenvalue weighted by molar-refractivity contribution is 5.87. The summed E-state index contributed by atoms with van der Waals surface area (Å²) in [5.41, 5.74) is 2.31. The molecule has 1 aromatic rings. The fourth-order valence-corrected chi connectivity index (χ4v) is 4.08. The second-order valence-electron chi connectivity index (χ2n) is 7.39. The van der Waals surface area contributed by atoms with Crippen molar-refractivity contribution in [3.8, 4) is 0 Å². The van der Waals surface area contributed by atoms with Gasteiger partial charge < -0.3 is 10.4 Å². The van der Waals surface area contributed by atoms with E-state index in [1.807, 2.05) is 31.2 Å². The van der Waals surface area contributed by atoms with Crippen LogP contribution in [0.1, 0.15) is 50.3 Å². The lowest BCUT2D eigenvalue weighted by Crippen LogP contribution is -2.41. The monoisotopic (exact) mass is 327 g/mol. The molecule has 24 heavy (non-hydrogen) atoms. The molecule has 0 spiro atoms. The number of amides is 1. The lowest BCUT2D eigenvalue weighted by atomic mass is 9.82. The van der Waals surface area contributed by atoms with Gasteiger partial charge in [-0.1, -0.05) is 50.3 Å². The Bertz CT molecular complexity index is 662. The van der Waals surface area contributed by atoms with Crippen LogP contribution in [0.4, 0.5) is 0 Å². The van der Waals surface area contributed by atoms with Gasteiger partial charge in [-0.05, 0) is 42.2 Å². The fraction of sp³-hybridized carbons (Fsp3) is 0.500. The van der Waals surface area contributed by atoms with Gasteiger partial charge in [0, 0.05) is 0 Å². The van der Waals surface area contributed by atoms with Crippen LogP contribution in [0, 0.1) is 23.7 Å². The SMILES string of the molecule is CC(C)c1ccc([C@@H](C)NC(=O)[C@@H]2[C@@H](C(=O)O)[C@H]3C=C[C@H]2C3)cc1. The highest BCUT2D eigenvalue weighted by atomic mass is 16.4. The van der Waals surface area contributed by atoms with E-state index in [0.717, 1.165) is 12.0 Å². The van der Waals surface area contributed by atoms with E-state index in [2.05, 4.69) is 31.3 Å². The molecule has 1 aromatic carbocycles. The Labute approximate surface area is 143 Å². The summed E-state index contributed by atoms with van der Waals surface area (Å²) in [6.07, 6.45) is 4.75.